The highest BCUT2D eigenvalue weighted by Gasteiger charge is 2.11. The summed E-state index contributed by atoms with van der Waals surface area (Å²) in [6.45, 7) is 0.602. The number of nitrogens with zero attached hydrogens (tertiary/aromatic N) is 3. The van der Waals surface area contributed by atoms with E-state index in [0.29, 0.717) is 24.1 Å². The molecule has 0 aliphatic heterocycles. The van der Waals surface area contributed by atoms with Crippen LogP contribution in [0.5, 0.6) is 0 Å². The molecule has 0 fully saturated rings. The third kappa shape index (κ3) is 3.37. The number of aromatic nitrogens is 1. The maximum Gasteiger partial charge on any atom is 0.335 e. The second kappa shape index (κ2) is 6.53. The minimum absolute atomic E-state index is 0.317. The molecule has 0 unspecified atom stereocenters. The first-order chi connectivity index (χ1) is 10.1. The van der Waals surface area contributed by atoms with Gasteiger partial charge in [0.25, 0.3) is 0 Å². The summed E-state index contributed by atoms with van der Waals surface area (Å²) in [6.07, 6.45) is 3.80. The average Bonchev–Trinajstić information content (AvgIpc) is 2.52. The number of nitriles is 1. The van der Waals surface area contributed by atoms with E-state index in [2.05, 4.69) is 11.1 Å². The average molecular weight is 281 g/mol. The molecule has 5 nitrogen and oxygen atoms in total. The van der Waals surface area contributed by atoms with Crippen LogP contribution >= 0.6 is 0 Å². The van der Waals surface area contributed by atoms with Crippen LogP contribution in [0.4, 0.5) is 5.69 Å². The molecule has 0 spiro atoms. The maximum absolute atomic E-state index is 11.2. The van der Waals surface area contributed by atoms with Crippen molar-refractivity contribution in [3.05, 3.63) is 59.4 Å². The largest absolute Gasteiger partial charge is 0.478 e. The quantitative estimate of drug-likeness (QED) is 0.910. The number of carbonyl (C=O) groups is 1. The van der Waals surface area contributed by atoms with E-state index in [1.54, 1.807) is 30.6 Å². The van der Waals surface area contributed by atoms with E-state index >= 15 is 0 Å². The number of hydrogen-bond acceptors (Lipinski definition) is 4. The van der Waals surface area contributed by atoms with E-state index in [4.69, 9.17) is 10.4 Å². The highest BCUT2D eigenvalue weighted by Crippen LogP contribution is 2.18. The summed E-state index contributed by atoms with van der Waals surface area (Å²) < 4.78 is 0. The molecule has 0 aliphatic carbocycles. The number of benzene rings is 1. The number of hydrogen-bond donors (Lipinski definition) is 1. The van der Waals surface area contributed by atoms with Crippen molar-refractivity contribution in [2.75, 3.05) is 18.5 Å². The van der Waals surface area contributed by atoms with Gasteiger partial charge in [-0.15, -0.1) is 0 Å². The minimum atomic E-state index is -0.924. The second-order valence-electron chi connectivity index (χ2n) is 4.64. The van der Waals surface area contributed by atoms with E-state index < -0.39 is 5.97 Å². The summed E-state index contributed by atoms with van der Waals surface area (Å²) in [5, 5.41) is 18.3. The van der Waals surface area contributed by atoms with Crippen LogP contribution in [-0.4, -0.2) is 29.7 Å². The molecule has 0 amide bonds. The molecule has 0 radical (unpaired) electrons. The summed E-state index contributed by atoms with van der Waals surface area (Å²) in [7, 11) is 1.86. The molecule has 0 saturated carbocycles. The molecule has 0 saturated heterocycles. The number of anilines is 1. The van der Waals surface area contributed by atoms with Gasteiger partial charge in [0.15, 0.2) is 0 Å². The van der Waals surface area contributed by atoms with Crippen LogP contribution in [0.2, 0.25) is 0 Å². The van der Waals surface area contributed by atoms with Crippen molar-refractivity contribution >= 4 is 11.7 Å². The van der Waals surface area contributed by atoms with Gasteiger partial charge in [-0.3, -0.25) is 4.98 Å². The van der Waals surface area contributed by atoms with Gasteiger partial charge in [-0.05, 0) is 24.1 Å². The Morgan fingerprint density at radius 1 is 1.38 bits per heavy atom. The molecule has 1 N–H and O–H groups in total. The fourth-order valence-electron chi connectivity index (χ4n) is 2.14. The Hall–Kier alpha value is -2.87. The molecule has 2 aromatic rings. The Bertz CT molecular complexity index is 692. The Kier molecular flexibility index (Phi) is 4.52. The van der Waals surface area contributed by atoms with Crippen molar-refractivity contribution in [3.8, 4) is 6.07 Å². The number of rotatable bonds is 5. The summed E-state index contributed by atoms with van der Waals surface area (Å²) in [5.74, 6) is -0.924. The molecule has 0 aliphatic rings. The third-order valence-electron chi connectivity index (χ3n) is 3.30. The van der Waals surface area contributed by atoms with Gasteiger partial charge in [0, 0.05) is 19.8 Å². The van der Waals surface area contributed by atoms with Gasteiger partial charge in [0.2, 0.25) is 0 Å². The topological polar surface area (TPSA) is 77.2 Å². The van der Waals surface area contributed by atoms with E-state index in [1.807, 2.05) is 24.1 Å². The summed E-state index contributed by atoms with van der Waals surface area (Å²) in [5.41, 5.74) is 2.39. The lowest BCUT2D eigenvalue weighted by Gasteiger charge is -2.20. The van der Waals surface area contributed by atoms with Crippen LogP contribution in [0, 0.1) is 11.3 Å². The highest BCUT2D eigenvalue weighted by atomic mass is 16.4. The standard InChI is InChI=1S/C16H15N3O2/c1-19(15-11-18-8-6-13(15)10-17)9-7-12-4-2-3-5-14(12)16(20)21/h2-6,8,11H,7,9H2,1H3,(H,20,21). The first kappa shape index (κ1) is 14.5. The normalized spacial score (nSPS) is 9.90. The lowest BCUT2D eigenvalue weighted by Crippen LogP contribution is -2.22. The van der Waals surface area contributed by atoms with Crippen LogP contribution in [-0.2, 0) is 6.42 Å². The molecule has 1 aromatic heterocycles. The number of aromatic carboxylic acids is 1. The molecule has 21 heavy (non-hydrogen) atoms. The van der Waals surface area contributed by atoms with Crippen molar-refractivity contribution in [2.24, 2.45) is 0 Å². The van der Waals surface area contributed by atoms with Crippen LogP contribution in [0.3, 0.4) is 0 Å². The lowest BCUT2D eigenvalue weighted by molar-refractivity contribution is 0.0695. The molecule has 1 heterocycles. The zero-order chi connectivity index (χ0) is 15.2. The van der Waals surface area contributed by atoms with Gasteiger partial charge < -0.3 is 10.0 Å². The first-order valence-electron chi connectivity index (χ1n) is 6.50. The SMILES string of the molecule is CN(CCc1ccccc1C(=O)O)c1cnccc1C#N. The summed E-state index contributed by atoms with van der Waals surface area (Å²) in [6, 6.07) is 10.7. The van der Waals surface area contributed by atoms with Crippen molar-refractivity contribution in [1.82, 2.24) is 4.98 Å². The third-order valence-corrected chi connectivity index (χ3v) is 3.30. The van der Waals surface area contributed by atoms with Crippen LogP contribution in [0.25, 0.3) is 0 Å². The van der Waals surface area contributed by atoms with Crippen molar-refractivity contribution in [2.45, 2.75) is 6.42 Å². The van der Waals surface area contributed by atoms with E-state index in [0.717, 1.165) is 11.3 Å². The van der Waals surface area contributed by atoms with Gasteiger partial charge in [0.1, 0.15) is 6.07 Å². The molecule has 0 bridgehead atoms. The predicted molar refractivity (Wildman–Crippen MR) is 79.3 cm³/mol. The fourth-order valence-corrected chi connectivity index (χ4v) is 2.14. The van der Waals surface area contributed by atoms with E-state index in [-0.39, 0.29) is 0 Å². The van der Waals surface area contributed by atoms with Crippen molar-refractivity contribution < 1.29 is 9.90 Å². The molecular weight excluding hydrogens is 266 g/mol. The van der Waals surface area contributed by atoms with E-state index in [1.165, 1.54) is 0 Å². The predicted octanol–water partition coefficient (Wildman–Crippen LogP) is 2.33. The molecule has 106 valence electrons. The minimum Gasteiger partial charge on any atom is -0.478 e. The monoisotopic (exact) mass is 281 g/mol. The Balaban J connectivity index is 2.14. The fraction of sp³-hybridized carbons (Fsp3) is 0.188. The molecule has 1 aromatic carbocycles. The number of carboxylic acids is 1. The highest BCUT2D eigenvalue weighted by molar-refractivity contribution is 5.89. The number of carboxylic acid groups (broad SMARTS) is 1. The smallest absolute Gasteiger partial charge is 0.335 e. The van der Waals surface area contributed by atoms with Gasteiger partial charge in [0.05, 0.1) is 23.0 Å². The molecular formula is C16H15N3O2. The van der Waals surface area contributed by atoms with Gasteiger partial charge >= 0.3 is 5.97 Å². The summed E-state index contributed by atoms with van der Waals surface area (Å²) >= 11 is 0. The number of likely N-dealkylation sites (N-methyl/N-ethyl adjacent to an activating group) is 1. The zero-order valence-electron chi connectivity index (χ0n) is 11.7. The number of pyridine rings is 1. The van der Waals surface area contributed by atoms with Crippen LogP contribution < -0.4 is 4.90 Å². The van der Waals surface area contributed by atoms with Gasteiger partial charge in [-0.2, -0.15) is 5.26 Å². The van der Waals surface area contributed by atoms with Gasteiger partial charge in [-0.1, -0.05) is 18.2 Å². The zero-order valence-corrected chi connectivity index (χ0v) is 11.7. The van der Waals surface area contributed by atoms with Crippen LogP contribution in [0.15, 0.2) is 42.7 Å². The first-order valence-corrected chi connectivity index (χ1v) is 6.50. The molecule has 2 rings (SSSR count). The molecule has 5 heteroatoms. The van der Waals surface area contributed by atoms with Gasteiger partial charge in [-0.25, -0.2) is 4.79 Å². The second-order valence-corrected chi connectivity index (χ2v) is 4.64. The van der Waals surface area contributed by atoms with Crippen molar-refractivity contribution in [1.29, 1.82) is 5.26 Å². The Labute approximate surface area is 123 Å². The van der Waals surface area contributed by atoms with Crippen molar-refractivity contribution in [3.63, 3.8) is 0 Å². The summed E-state index contributed by atoms with van der Waals surface area (Å²) in [4.78, 5) is 17.1. The van der Waals surface area contributed by atoms with E-state index in [9.17, 15) is 4.79 Å². The Morgan fingerprint density at radius 2 is 2.14 bits per heavy atom. The lowest BCUT2D eigenvalue weighted by atomic mass is 10.0. The maximum atomic E-state index is 11.2. The van der Waals surface area contributed by atoms with Crippen LogP contribution in [0.1, 0.15) is 21.5 Å². The molecule has 0 atom stereocenters. The Morgan fingerprint density at radius 3 is 2.86 bits per heavy atom.